The van der Waals surface area contributed by atoms with E-state index in [1.165, 1.54) is 36.4 Å². The molecule has 0 saturated heterocycles. The second-order valence-electron chi connectivity index (χ2n) is 7.66. The van der Waals surface area contributed by atoms with E-state index in [1.54, 1.807) is 29.8 Å². The number of anilines is 1. The van der Waals surface area contributed by atoms with Gasteiger partial charge in [-0.2, -0.15) is 9.78 Å². The van der Waals surface area contributed by atoms with Gasteiger partial charge in [-0.3, -0.25) is 4.79 Å². The molecule has 0 unspecified atom stereocenters. The molecular formula is C25H19F2N5O. The Morgan fingerprint density at radius 2 is 1.73 bits per heavy atom. The van der Waals surface area contributed by atoms with Gasteiger partial charge >= 0.3 is 0 Å². The zero-order chi connectivity index (χ0) is 22.9. The maximum absolute atomic E-state index is 13.6. The zero-order valence-electron chi connectivity index (χ0n) is 17.7. The molecule has 0 aliphatic carbocycles. The Bertz CT molecular complexity index is 1470. The third-order valence-corrected chi connectivity index (χ3v) is 5.24. The third kappa shape index (κ3) is 4.10. The fourth-order valence-corrected chi connectivity index (χ4v) is 3.71. The minimum Gasteiger partial charge on any atom is -0.306 e. The van der Waals surface area contributed by atoms with Crippen molar-refractivity contribution in [3.8, 4) is 5.95 Å². The molecule has 1 N–H and O–H groups in total. The fourth-order valence-electron chi connectivity index (χ4n) is 3.71. The lowest BCUT2D eigenvalue weighted by molar-refractivity contribution is 0.102. The van der Waals surface area contributed by atoms with Gasteiger partial charge in [-0.1, -0.05) is 30.3 Å². The summed E-state index contributed by atoms with van der Waals surface area (Å²) in [5, 5.41) is 7.35. The highest BCUT2D eigenvalue weighted by Crippen LogP contribution is 2.24. The number of para-hydroxylation sites is 2. The molecule has 0 aliphatic heterocycles. The maximum Gasteiger partial charge on any atom is 0.256 e. The fraction of sp³-hybridized carbons (Fsp3) is 0.0800. The van der Waals surface area contributed by atoms with E-state index in [0.29, 0.717) is 24.0 Å². The van der Waals surface area contributed by atoms with Crippen molar-refractivity contribution in [2.24, 2.45) is 0 Å². The van der Waals surface area contributed by atoms with Gasteiger partial charge in [-0.05, 0) is 55.0 Å². The second kappa shape index (κ2) is 8.31. The van der Waals surface area contributed by atoms with Crippen LogP contribution in [-0.4, -0.2) is 25.2 Å². The maximum atomic E-state index is 13.6. The van der Waals surface area contributed by atoms with Crippen LogP contribution < -0.4 is 5.32 Å². The number of hydrogen-bond acceptors (Lipinski definition) is 3. The quantitative estimate of drug-likeness (QED) is 0.411. The summed E-state index contributed by atoms with van der Waals surface area (Å²) in [6.07, 6.45) is 0. The molecule has 5 rings (SSSR count). The number of imidazole rings is 1. The van der Waals surface area contributed by atoms with Crippen molar-refractivity contribution in [1.29, 1.82) is 0 Å². The number of halogens is 2. The lowest BCUT2D eigenvalue weighted by Crippen LogP contribution is -2.17. The van der Waals surface area contributed by atoms with E-state index in [1.807, 2.05) is 28.8 Å². The first-order valence-electron chi connectivity index (χ1n) is 10.3. The SMILES string of the molecule is Cc1cc(NC(=O)c2cccc(F)c2)n(-c2nc3ccccc3n2Cc2ccc(F)cc2)n1. The van der Waals surface area contributed by atoms with E-state index in [2.05, 4.69) is 10.4 Å². The number of aromatic nitrogens is 4. The molecule has 2 aromatic heterocycles. The van der Waals surface area contributed by atoms with Gasteiger partial charge in [0.05, 0.1) is 23.3 Å². The molecule has 1 amide bonds. The van der Waals surface area contributed by atoms with Crippen LogP contribution in [0.3, 0.4) is 0 Å². The molecular weight excluding hydrogens is 424 g/mol. The van der Waals surface area contributed by atoms with Crippen LogP contribution in [0.1, 0.15) is 21.6 Å². The monoisotopic (exact) mass is 443 g/mol. The number of hydrogen-bond donors (Lipinski definition) is 1. The highest BCUT2D eigenvalue weighted by molar-refractivity contribution is 6.04. The van der Waals surface area contributed by atoms with Crippen LogP contribution in [0.15, 0.2) is 78.9 Å². The Kier molecular flexibility index (Phi) is 5.18. The molecule has 164 valence electrons. The van der Waals surface area contributed by atoms with Crippen molar-refractivity contribution < 1.29 is 13.6 Å². The smallest absolute Gasteiger partial charge is 0.256 e. The summed E-state index contributed by atoms with van der Waals surface area (Å²) < 4.78 is 30.5. The van der Waals surface area contributed by atoms with Gasteiger partial charge in [0.15, 0.2) is 0 Å². The Hall–Kier alpha value is -4.33. The Balaban J connectivity index is 1.58. The number of carbonyl (C=O) groups is 1. The largest absolute Gasteiger partial charge is 0.306 e. The highest BCUT2D eigenvalue weighted by Gasteiger charge is 2.19. The summed E-state index contributed by atoms with van der Waals surface area (Å²) in [5.74, 6) is -0.370. The summed E-state index contributed by atoms with van der Waals surface area (Å²) in [7, 11) is 0. The van der Waals surface area contributed by atoms with Crippen LogP contribution in [0.2, 0.25) is 0 Å². The van der Waals surface area contributed by atoms with Crippen molar-refractivity contribution in [3.63, 3.8) is 0 Å². The Morgan fingerprint density at radius 1 is 0.939 bits per heavy atom. The van der Waals surface area contributed by atoms with E-state index >= 15 is 0 Å². The van der Waals surface area contributed by atoms with Crippen LogP contribution in [0.4, 0.5) is 14.6 Å². The van der Waals surface area contributed by atoms with Crippen molar-refractivity contribution in [2.75, 3.05) is 5.32 Å². The Morgan fingerprint density at radius 3 is 2.52 bits per heavy atom. The van der Waals surface area contributed by atoms with Crippen molar-refractivity contribution in [3.05, 3.63) is 107 Å². The first-order chi connectivity index (χ1) is 16.0. The van der Waals surface area contributed by atoms with Gasteiger partial charge in [-0.25, -0.2) is 13.8 Å². The van der Waals surface area contributed by atoms with E-state index in [0.717, 1.165) is 16.6 Å². The van der Waals surface area contributed by atoms with Gasteiger partial charge in [-0.15, -0.1) is 0 Å². The molecule has 8 heteroatoms. The second-order valence-corrected chi connectivity index (χ2v) is 7.66. The molecule has 0 saturated carbocycles. The van der Waals surface area contributed by atoms with E-state index < -0.39 is 11.7 Å². The molecule has 0 fully saturated rings. The lowest BCUT2D eigenvalue weighted by Gasteiger charge is -2.12. The van der Waals surface area contributed by atoms with Crippen molar-refractivity contribution >= 4 is 22.8 Å². The minimum absolute atomic E-state index is 0.195. The van der Waals surface area contributed by atoms with E-state index in [-0.39, 0.29) is 11.4 Å². The number of aryl methyl sites for hydroxylation is 1. The van der Waals surface area contributed by atoms with Crippen LogP contribution in [0, 0.1) is 18.6 Å². The summed E-state index contributed by atoms with van der Waals surface area (Å²) in [6, 6.07) is 21.1. The molecule has 3 aromatic carbocycles. The number of nitrogens with one attached hydrogen (secondary N) is 1. The molecule has 0 aliphatic rings. The molecule has 0 atom stereocenters. The summed E-state index contributed by atoms with van der Waals surface area (Å²) >= 11 is 0. The minimum atomic E-state index is -0.492. The van der Waals surface area contributed by atoms with Crippen LogP contribution in [0.25, 0.3) is 17.0 Å². The van der Waals surface area contributed by atoms with Gasteiger partial charge in [0.25, 0.3) is 5.91 Å². The number of amides is 1. The molecule has 6 nitrogen and oxygen atoms in total. The van der Waals surface area contributed by atoms with E-state index in [4.69, 9.17) is 4.98 Å². The first kappa shape index (κ1) is 20.6. The first-order valence-corrected chi connectivity index (χ1v) is 10.3. The zero-order valence-corrected chi connectivity index (χ0v) is 17.7. The number of benzene rings is 3. The van der Waals surface area contributed by atoms with Crippen LogP contribution >= 0.6 is 0 Å². The molecule has 0 radical (unpaired) electrons. The van der Waals surface area contributed by atoms with Crippen LogP contribution in [0.5, 0.6) is 0 Å². The third-order valence-electron chi connectivity index (χ3n) is 5.24. The molecule has 33 heavy (non-hydrogen) atoms. The molecule has 5 aromatic rings. The predicted octanol–water partition coefficient (Wildman–Crippen LogP) is 5.11. The van der Waals surface area contributed by atoms with Gasteiger partial charge < -0.3 is 9.88 Å². The number of rotatable bonds is 5. The average molecular weight is 443 g/mol. The summed E-state index contributed by atoms with van der Waals surface area (Å²) in [5.41, 5.74) is 3.37. The summed E-state index contributed by atoms with van der Waals surface area (Å²) in [6.45, 7) is 2.23. The van der Waals surface area contributed by atoms with E-state index in [9.17, 15) is 13.6 Å². The van der Waals surface area contributed by atoms with Crippen LogP contribution in [-0.2, 0) is 6.54 Å². The molecule has 0 bridgehead atoms. The van der Waals surface area contributed by atoms with Gasteiger partial charge in [0.1, 0.15) is 17.5 Å². The topological polar surface area (TPSA) is 64.7 Å². The summed E-state index contributed by atoms with van der Waals surface area (Å²) in [4.78, 5) is 17.5. The number of fused-ring (bicyclic) bond motifs is 1. The lowest BCUT2D eigenvalue weighted by atomic mass is 10.2. The Labute approximate surface area is 188 Å². The normalized spacial score (nSPS) is 11.1. The standard InChI is InChI=1S/C25H19F2N5O/c1-16-13-23(29-24(33)18-5-4-6-20(27)14-18)32(30-16)25-28-21-7-2-3-8-22(21)31(25)15-17-9-11-19(26)12-10-17/h2-14H,15H2,1H3,(H,29,33). The average Bonchev–Trinajstić information content (AvgIpc) is 3.35. The van der Waals surface area contributed by atoms with Crippen molar-refractivity contribution in [1.82, 2.24) is 19.3 Å². The molecule has 0 spiro atoms. The van der Waals surface area contributed by atoms with Gasteiger partial charge in [0.2, 0.25) is 5.95 Å². The predicted molar refractivity (Wildman–Crippen MR) is 121 cm³/mol. The molecule has 2 heterocycles. The van der Waals surface area contributed by atoms with Crippen molar-refractivity contribution in [2.45, 2.75) is 13.5 Å². The number of nitrogens with zero attached hydrogens (tertiary/aromatic N) is 4. The van der Waals surface area contributed by atoms with Gasteiger partial charge in [0, 0.05) is 11.6 Å². The number of carbonyl (C=O) groups excluding carboxylic acids is 1. The highest BCUT2D eigenvalue weighted by atomic mass is 19.1.